The molecule has 7 heteroatoms. The highest BCUT2D eigenvalue weighted by Gasteiger charge is 2.32. The fourth-order valence-electron chi connectivity index (χ4n) is 2.58. The van der Waals surface area contributed by atoms with Crippen molar-refractivity contribution in [2.45, 2.75) is 31.6 Å². The molecule has 0 aromatic carbocycles. The number of pyridine rings is 1. The number of rotatable bonds is 2. The Labute approximate surface area is 116 Å². The zero-order valence-electron chi connectivity index (χ0n) is 10.6. The highest BCUT2D eigenvalue weighted by Crippen LogP contribution is 2.23. The van der Waals surface area contributed by atoms with Crippen LogP contribution in [0.3, 0.4) is 0 Å². The minimum absolute atomic E-state index is 0.292. The van der Waals surface area contributed by atoms with Crippen LogP contribution in [0.25, 0.3) is 11.2 Å². The van der Waals surface area contributed by atoms with E-state index in [0.717, 1.165) is 23.1 Å². The number of aryl methyl sites for hydroxylation is 1. The first-order chi connectivity index (χ1) is 8.97. The van der Waals surface area contributed by atoms with E-state index in [1.165, 1.54) is 0 Å². The maximum Gasteiger partial charge on any atom is 0.179 e. The highest BCUT2D eigenvalue weighted by molar-refractivity contribution is 7.92. The molecule has 0 radical (unpaired) electrons. The van der Waals surface area contributed by atoms with Crippen LogP contribution in [-0.2, 0) is 16.4 Å². The lowest BCUT2D eigenvalue weighted by molar-refractivity contribution is 0.567. The molecule has 0 bridgehead atoms. The monoisotopic (exact) mass is 297 g/mol. The standard InChI is InChI=1S/C12H15N3O2S2/c1-8-5-10-11(13-6-8)15(12(18)14-10)7-9-3-2-4-19(9,16)17/h5-6,9H,2-4,7H2,1H3,(H,14,18). The van der Waals surface area contributed by atoms with Gasteiger partial charge in [-0.3, -0.25) is 0 Å². The van der Waals surface area contributed by atoms with Crippen molar-refractivity contribution >= 4 is 33.2 Å². The molecule has 102 valence electrons. The molecule has 0 aliphatic carbocycles. The number of fused-ring (bicyclic) bond motifs is 1. The molecule has 1 saturated heterocycles. The first-order valence-electron chi connectivity index (χ1n) is 6.24. The van der Waals surface area contributed by atoms with Gasteiger partial charge in [0.25, 0.3) is 0 Å². The molecule has 0 amide bonds. The van der Waals surface area contributed by atoms with Gasteiger partial charge in [-0.2, -0.15) is 0 Å². The molecule has 2 aromatic rings. The molecular formula is C12H15N3O2S2. The Bertz CT molecular complexity index is 789. The van der Waals surface area contributed by atoms with Gasteiger partial charge < -0.3 is 9.55 Å². The number of hydrogen-bond acceptors (Lipinski definition) is 4. The summed E-state index contributed by atoms with van der Waals surface area (Å²) in [5, 5.41) is -0.332. The fraction of sp³-hybridized carbons (Fsp3) is 0.500. The van der Waals surface area contributed by atoms with Crippen LogP contribution in [-0.4, -0.2) is 34.0 Å². The molecule has 3 rings (SSSR count). The Morgan fingerprint density at radius 3 is 3.05 bits per heavy atom. The Hall–Kier alpha value is -1.21. The summed E-state index contributed by atoms with van der Waals surface area (Å²) in [5.74, 6) is 0.292. The molecule has 2 aromatic heterocycles. The molecule has 0 saturated carbocycles. The van der Waals surface area contributed by atoms with Crippen LogP contribution in [0.4, 0.5) is 0 Å². The maximum absolute atomic E-state index is 11.9. The SMILES string of the molecule is Cc1cnc2c(c1)[nH]c(=S)n2CC1CCCS1(=O)=O. The summed E-state index contributed by atoms with van der Waals surface area (Å²) in [4.78, 5) is 7.45. The van der Waals surface area contributed by atoms with Gasteiger partial charge in [0.2, 0.25) is 0 Å². The second-order valence-corrected chi connectivity index (χ2v) is 7.84. The van der Waals surface area contributed by atoms with Crippen LogP contribution in [0.5, 0.6) is 0 Å². The van der Waals surface area contributed by atoms with Crippen LogP contribution < -0.4 is 0 Å². The molecule has 1 aliphatic rings. The lowest BCUT2D eigenvalue weighted by atomic mass is 10.2. The smallest absolute Gasteiger partial charge is 0.179 e. The molecule has 3 heterocycles. The minimum atomic E-state index is -2.97. The van der Waals surface area contributed by atoms with Crippen molar-refractivity contribution in [3.63, 3.8) is 0 Å². The predicted molar refractivity (Wildman–Crippen MR) is 76.5 cm³/mol. The third-order valence-corrected chi connectivity index (χ3v) is 6.18. The Balaban J connectivity index is 2.06. The van der Waals surface area contributed by atoms with Crippen molar-refractivity contribution in [3.05, 3.63) is 22.6 Å². The summed E-state index contributed by atoms with van der Waals surface area (Å²) in [5.41, 5.74) is 2.64. The fourth-order valence-corrected chi connectivity index (χ4v) is 4.66. The summed E-state index contributed by atoms with van der Waals surface area (Å²) in [6.07, 6.45) is 3.22. The average molecular weight is 297 g/mol. The van der Waals surface area contributed by atoms with Gasteiger partial charge in [-0.15, -0.1) is 0 Å². The zero-order chi connectivity index (χ0) is 13.6. The van der Waals surface area contributed by atoms with Gasteiger partial charge >= 0.3 is 0 Å². The zero-order valence-corrected chi connectivity index (χ0v) is 12.2. The summed E-state index contributed by atoms with van der Waals surface area (Å²) >= 11 is 5.28. The molecule has 19 heavy (non-hydrogen) atoms. The highest BCUT2D eigenvalue weighted by atomic mass is 32.2. The summed E-state index contributed by atoms with van der Waals surface area (Å²) < 4.78 is 26.2. The lowest BCUT2D eigenvalue weighted by Gasteiger charge is -2.10. The first kappa shape index (κ1) is 12.8. The molecule has 0 spiro atoms. The summed E-state index contributed by atoms with van der Waals surface area (Å²) in [7, 11) is -2.97. The molecule has 5 nitrogen and oxygen atoms in total. The second-order valence-electron chi connectivity index (χ2n) is 5.06. The summed E-state index contributed by atoms with van der Waals surface area (Å²) in [6.45, 7) is 2.36. The van der Waals surface area contributed by atoms with E-state index >= 15 is 0 Å². The van der Waals surface area contributed by atoms with Crippen molar-refractivity contribution in [2.24, 2.45) is 0 Å². The number of nitrogens with one attached hydrogen (secondary N) is 1. The van der Waals surface area contributed by atoms with E-state index in [4.69, 9.17) is 12.2 Å². The van der Waals surface area contributed by atoms with Crippen LogP contribution >= 0.6 is 12.2 Å². The minimum Gasteiger partial charge on any atom is -0.329 e. The van der Waals surface area contributed by atoms with Gasteiger partial charge in [0, 0.05) is 12.7 Å². The molecule has 1 N–H and O–H groups in total. The molecule has 1 fully saturated rings. The molecule has 1 atom stereocenters. The maximum atomic E-state index is 11.9. The van der Waals surface area contributed by atoms with E-state index in [0.29, 0.717) is 23.5 Å². The van der Waals surface area contributed by atoms with Gasteiger partial charge in [0.1, 0.15) is 0 Å². The largest absolute Gasteiger partial charge is 0.329 e. The topological polar surface area (TPSA) is 67.8 Å². The molecular weight excluding hydrogens is 282 g/mol. The Morgan fingerprint density at radius 1 is 1.58 bits per heavy atom. The third-order valence-electron chi connectivity index (χ3n) is 3.59. The van der Waals surface area contributed by atoms with E-state index in [1.54, 1.807) is 10.8 Å². The van der Waals surface area contributed by atoms with Crippen molar-refractivity contribution in [1.29, 1.82) is 0 Å². The Morgan fingerprint density at radius 2 is 2.37 bits per heavy atom. The van der Waals surface area contributed by atoms with Crippen molar-refractivity contribution in [1.82, 2.24) is 14.5 Å². The van der Waals surface area contributed by atoms with Crippen molar-refractivity contribution in [3.8, 4) is 0 Å². The number of aromatic nitrogens is 3. The lowest BCUT2D eigenvalue weighted by Crippen LogP contribution is -2.22. The van der Waals surface area contributed by atoms with Gasteiger partial charge in [0.05, 0.1) is 16.5 Å². The average Bonchev–Trinajstić information content (AvgIpc) is 2.80. The normalized spacial score (nSPS) is 22.1. The quantitative estimate of drug-likeness (QED) is 0.861. The van der Waals surface area contributed by atoms with Crippen molar-refractivity contribution in [2.75, 3.05) is 5.75 Å². The number of nitrogens with zero attached hydrogens (tertiary/aromatic N) is 2. The van der Waals surface area contributed by atoms with Crippen LogP contribution in [0.1, 0.15) is 18.4 Å². The number of imidazole rings is 1. The van der Waals surface area contributed by atoms with Gasteiger partial charge in [0.15, 0.2) is 20.3 Å². The van der Waals surface area contributed by atoms with Gasteiger partial charge in [-0.1, -0.05) is 0 Å². The van der Waals surface area contributed by atoms with Gasteiger partial charge in [-0.05, 0) is 43.6 Å². The van der Waals surface area contributed by atoms with Crippen LogP contribution in [0, 0.1) is 11.7 Å². The first-order valence-corrected chi connectivity index (χ1v) is 8.36. The van der Waals surface area contributed by atoms with Crippen molar-refractivity contribution < 1.29 is 8.42 Å². The number of sulfone groups is 1. The van der Waals surface area contributed by atoms with Gasteiger partial charge in [-0.25, -0.2) is 13.4 Å². The third kappa shape index (κ3) is 2.21. The van der Waals surface area contributed by atoms with E-state index < -0.39 is 9.84 Å². The van der Waals surface area contributed by atoms with E-state index in [1.807, 2.05) is 13.0 Å². The second kappa shape index (κ2) is 4.42. The number of hydrogen-bond donors (Lipinski definition) is 1. The molecule has 1 unspecified atom stereocenters. The predicted octanol–water partition coefficient (Wildman–Crippen LogP) is 1.98. The molecule has 1 aliphatic heterocycles. The van der Waals surface area contributed by atoms with Crippen LogP contribution in [0.2, 0.25) is 0 Å². The Kier molecular flexibility index (Phi) is 2.98. The number of H-pyrrole nitrogens is 1. The van der Waals surface area contributed by atoms with E-state index in [9.17, 15) is 8.42 Å². The van der Waals surface area contributed by atoms with E-state index in [-0.39, 0.29) is 5.25 Å². The summed E-state index contributed by atoms with van der Waals surface area (Å²) in [6, 6.07) is 1.97. The van der Waals surface area contributed by atoms with Crippen LogP contribution in [0.15, 0.2) is 12.3 Å². The van der Waals surface area contributed by atoms with E-state index in [2.05, 4.69) is 9.97 Å². The number of aromatic amines is 1.